The van der Waals surface area contributed by atoms with E-state index in [1.165, 1.54) is 16.8 Å². The molecule has 1 fully saturated rings. The molecule has 2 aromatic carbocycles. The quantitative estimate of drug-likeness (QED) is 0.624. The van der Waals surface area contributed by atoms with Gasteiger partial charge in [-0.2, -0.15) is 18.3 Å². The predicted octanol–water partition coefficient (Wildman–Crippen LogP) is 3.86. The highest BCUT2D eigenvalue weighted by molar-refractivity contribution is 6.05. The summed E-state index contributed by atoms with van der Waals surface area (Å²) in [5, 5.41) is 6.89. The summed E-state index contributed by atoms with van der Waals surface area (Å²) in [6.45, 7) is 4.05. The first-order valence-corrected chi connectivity index (χ1v) is 10.6. The molecule has 0 spiro atoms. The third-order valence-electron chi connectivity index (χ3n) is 5.62. The smallest absolute Gasteiger partial charge is 0.378 e. The third kappa shape index (κ3) is 4.96. The Morgan fingerprint density at radius 1 is 1.09 bits per heavy atom. The van der Waals surface area contributed by atoms with Crippen LogP contribution in [0.1, 0.15) is 21.5 Å². The number of benzene rings is 2. The van der Waals surface area contributed by atoms with Crippen LogP contribution in [-0.2, 0) is 18.0 Å². The van der Waals surface area contributed by atoms with Gasteiger partial charge in [-0.25, -0.2) is 4.68 Å². The Morgan fingerprint density at radius 3 is 2.53 bits per heavy atom. The lowest BCUT2D eigenvalue weighted by molar-refractivity contribution is -0.137. The predicted molar refractivity (Wildman–Crippen MR) is 122 cm³/mol. The Hall–Kier alpha value is -3.66. The van der Waals surface area contributed by atoms with Crippen LogP contribution in [-0.4, -0.2) is 42.0 Å². The molecule has 178 valence electrons. The molecule has 2 heterocycles. The maximum atomic E-state index is 13.0. The van der Waals surface area contributed by atoms with Gasteiger partial charge in [0.25, 0.3) is 11.5 Å². The molecule has 3 aromatic rings. The Kier molecular flexibility index (Phi) is 6.43. The number of hydrogen-bond acceptors (Lipinski definition) is 5. The number of aryl methyl sites for hydroxylation is 2. The number of nitrogens with zero attached hydrogens (tertiary/aromatic N) is 3. The van der Waals surface area contributed by atoms with Crippen molar-refractivity contribution in [3.63, 3.8) is 0 Å². The molecule has 0 bridgehead atoms. The summed E-state index contributed by atoms with van der Waals surface area (Å²) in [4.78, 5) is 27.4. The molecule has 1 saturated heterocycles. The van der Waals surface area contributed by atoms with Crippen molar-refractivity contribution in [3.8, 4) is 11.3 Å². The molecule has 1 aliphatic rings. The summed E-state index contributed by atoms with van der Waals surface area (Å²) in [7, 11) is 1.56. The van der Waals surface area contributed by atoms with Gasteiger partial charge in [-0.1, -0.05) is 12.1 Å². The van der Waals surface area contributed by atoms with E-state index in [1.54, 1.807) is 31.3 Å². The highest BCUT2D eigenvalue weighted by atomic mass is 19.4. The van der Waals surface area contributed by atoms with E-state index in [0.717, 1.165) is 17.7 Å². The number of alkyl halides is 3. The number of anilines is 2. The minimum absolute atomic E-state index is 0.0387. The molecule has 0 saturated carbocycles. The number of rotatable bonds is 4. The van der Waals surface area contributed by atoms with Crippen LogP contribution in [0, 0.1) is 6.92 Å². The van der Waals surface area contributed by atoms with Gasteiger partial charge < -0.3 is 15.0 Å². The molecule has 7 nitrogen and oxygen atoms in total. The lowest BCUT2D eigenvalue weighted by Crippen LogP contribution is -2.40. The van der Waals surface area contributed by atoms with E-state index in [2.05, 4.69) is 10.4 Å². The van der Waals surface area contributed by atoms with E-state index >= 15 is 0 Å². The van der Waals surface area contributed by atoms with Crippen molar-refractivity contribution in [1.82, 2.24) is 9.78 Å². The fraction of sp³-hybridized carbons (Fsp3) is 0.292. The van der Waals surface area contributed by atoms with Crippen molar-refractivity contribution >= 4 is 17.3 Å². The van der Waals surface area contributed by atoms with Crippen molar-refractivity contribution in [2.75, 3.05) is 36.5 Å². The summed E-state index contributed by atoms with van der Waals surface area (Å²) in [5.41, 5.74) is 1.68. The SMILES string of the molecule is Cc1ccc(C(=O)Nc2cccc(C(F)(F)F)c2)cc1-c1cc(N2CCOCC2)c(=O)n(C)n1. The van der Waals surface area contributed by atoms with Gasteiger partial charge in [0, 0.05) is 37.0 Å². The van der Waals surface area contributed by atoms with Crippen LogP contribution in [0.15, 0.2) is 53.3 Å². The Bertz CT molecular complexity index is 1280. The molecule has 4 rings (SSSR count). The number of ether oxygens (including phenoxy) is 1. The summed E-state index contributed by atoms with van der Waals surface area (Å²) in [5.74, 6) is -0.557. The zero-order chi connectivity index (χ0) is 24.5. The fourth-order valence-electron chi connectivity index (χ4n) is 3.77. The molecule has 0 radical (unpaired) electrons. The number of aromatic nitrogens is 2. The van der Waals surface area contributed by atoms with Crippen molar-refractivity contribution in [2.24, 2.45) is 7.05 Å². The number of carbonyl (C=O) groups is 1. The molecule has 1 N–H and O–H groups in total. The lowest BCUT2D eigenvalue weighted by Gasteiger charge is -2.28. The summed E-state index contributed by atoms with van der Waals surface area (Å²) >= 11 is 0. The monoisotopic (exact) mass is 472 g/mol. The molecule has 1 aromatic heterocycles. The molecule has 0 aliphatic carbocycles. The largest absolute Gasteiger partial charge is 0.416 e. The Morgan fingerprint density at radius 2 is 1.82 bits per heavy atom. The summed E-state index contributed by atoms with van der Waals surface area (Å²) in [6, 6.07) is 11.1. The third-order valence-corrected chi connectivity index (χ3v) is 5.62. The first-order chi connectivity index (χ1) is 16.1. The molecular formula is C24H23F3N4O3. The summed E-state index contributed by atoms with van der Waals surface area (Å²) < 4.78 is 45.6. The van der Waals surface area contributed by atoms with Crippen molar-refractivity contribution in [3.05, 3.63) is 75.6 Å². The van der Waals surface area contributed by atoms with Crippen LogP contribution in [0.3, 0.4) is 0 Å². The van der Waals surface area contributed by atoms with Crippen LogP contribution in [0.2, 0.25) is 0 Å². The normalized spacial score (nSPS) is 14.2. The van der Waals surface area contributed by atoms with Crippen molar-refractivity contribution in [2.45, 2.75) is 13.1 Å². The Balaban J connectivity index is 1.66. The van der Waals surface area contributed by atoms with Gasteiger partial charge in [-0.3, -0.25) is 9.59 Å². The van der Waals surface area contributed by atoms with Gasteiger partial charge in [-0.15, -0.1) is 0 Å². The number of nitrogens with one attached hydrogen (secondary N) is 1. The van der Waals surface area contributed by atoms with E-state index in [1.807, 2.05) is 11.8 Å². The number of halogens is 3. The maximum absolute atomic E-state index is 13.0. The highest BCUT2D eigenvalue weighted by Gasteiger charge is 2.30. The molecule has 0 atom stereocenters. The second kappa shape index (κ2) is 9.30. The van der Waals surface area contributed by atoms with Crippen LogP contribution in [0.5, 0.6) is 0 Å². The van der Waals surface area contributed by atoms with Gasteiger partial charge in [0.15, 0.2) is 0 Å². The minimum Gasteiger partial charge on any atom is -0.378 e. The first kappa shape index (κ1) is 23.5. The van der Waals surface area contributed by atoms with Crippen LogP contribution in [0.4, 0.5) is 24.5 Å². The number of hydrogen-bond donors (Lipinski definition) is 1. The number of morpholine rings is 1. The van der Waals surface area contributed by atoms with E-state index in [0.29, 0.717) is 43.2 Å². The average Bonchev–Trinajstić information content (AvgIpc) is 2.81. The lowest BCUT2D eigenvalue weighted by atomic mass is 10.0. The highest BCUT2D eigenvalue weighted by Crippen LogP contribution is 2.31. The van der Waals surface area contributed by atoms with E-state index < -0.39 is 17.6 Å². The van der Waals surface area contributed by atoms with Gasteiger partial charge in [0.1, 0.15) is 5.69 Å². The van der Waals surface area contributed by atoms with Crippen LogP contribution < -0.4 is 15.8 Å². The summed E-state index contributed by atoms with van der Waals surface area (Å²) in [6.07, 6.45) is -4.51. The standard InChI is InChI=1S/C24H23F3N4O3/c1-15-6-7-16(22(32)28-18-5-3-4-17(13-18)24(25,26)27)12-19(15)20-14-21(23(33)30(2)29-20)31-8-10-34-11-9-31/h3-7,12-14H,8-11H2,1-2H3,(H,28,32). The van der Waals surface area contributed by atoms with Crippen LogP contribution >= 0.6 is 0 Å². The van der Waals surface area contributed by atoms with Crippen LogP contribution in [0.25, 0.3) is 11.3 Å². The zero-order valence-corrected chi connectivity index (χ0v) is 18.6. The number of carbonyl (C=O) groups excluding carboxylic acids is 1. The van der Waals surface area contributed by atoms with Crippen molar-refractivity contribution < 1.29 is 22.7 Å². The molecular weight excluding hydrogens is 449 g/mol. The second-order valence-electron chi connectivity index (χ2n) is 8.01. The molecule has 1 aliphatic heterocycles. The van der Waals surface area contributed by atoms with Gasteiger partial charge in [0.05, 0.1) is 24.5 Å². The second-order valence-corrected chi connectivity index (χ2v) is 8.01. The zero-order valence-electron chi connectivity index (χ0n) is 18.6. The maximum Gasteiger partial charge on any atom is 0.416 e. The van der Waals surface area contributed by atoms with E-state index in [9.17, 15) is 22.8 Å². The van der Waals surface area contributed by atoms with E-state index in [-0.39, 0.29) is 16.8 Å². The molecule has 0 unspecified atom stereocenters. The van der Waals surface area contributed by atoms with Gasteiger partial charge in [0.2, 0.25) is 0 Å². The Labute approximate surface area is 193 Å². The van der Waals surface area contributed by atoms with E-state index in [4.69, 9.17) is 4.74 Å². The topological polar surface area (TPSA) is 76.5 Å². The molecule has 34 heavy (non-hydrogen) atoms. The number of amides is 1. The molecule has 10 heteroatoms. The minimum atomic E-state index is -4.51. The van der Waals surface area contributed by atoms with Gasteiger partial charge >= 0.3 is 6.18 Å². The van der Waals surface area contributed by atoms with Gasteiger partial charge in [-0.05, 0) is 48.9 Å². The molecule has 1 amide bonds. The average molecular weight is 472 g/mol. The first-order valence-electron chi connectivity index (χ1n) is 10.6. The fourth-order valence-corrected chi connectivity index (χ4v) is 3.77. The van der Waals surface area contributed by atoms with Crippen molar-refractivity contribution in [1.29, 1.82) is 0 Å².